The number of thiol groups is 1. The Morgan fingerprint density at radius 3 is 2.33 bits per heavy atom. The third-order valence-electron chi connectivity index (χ3n) is 2.43. The SMILES string of the molecule is C=CCC(S)(C=C)N1CCCC1. The van der Waals surface area contributed by atoms with Gasteiger partial charge in [0.1, 0.15) is 0 Å². The highest BCUT2D eigenvalue weighted by Gasteiger charge is 2.30. The van der Waals surface area contributed by atoms with Crippen LogP contribution in [-0.4, -0.2) is 22.9 Å². The van der Waals surface area contributed by atoms with Crippen molar-refractivity contribution in [2.75, 3.05) is 13.1 Å². The van der Waals surface area contributed by atoms with Gasteiger partial charge in [-0.2, -0.15) is 12.6 Å². The lowest BCUT2D eigenvalue weighted by Gasteiger charge is -2.34. The van der Waals surface area contributed by atoms with E-state index in [0.717, 1.165) is 19.5 Å². The van der Waals surface area contributed by atoms with Crippen molar-refractivity contribution in [2.45, 2.75) is 24.1 Å². The van der Waals surface area contributed by atoms with Crippen molar-refractivity contribution < 1.29 is 0 Å². The highest BCUT2D eigenvalue weighted by molar-refractivity contribution is 7.82. The number of hydrogen-bond donors (Lipinski definition) is 1. The van der Waals surface area contributed by atoms with Crippen LogP contribution in [0.4, 0.5) is 0 Å². The summed E-state index contributed by atoms with van der Waals surface area (Å²) in [7, 11) is 0. The van der Waals surface area contributed by atoms with Gasteiger partial charge in [0.2, 0.25) is 0 Å². The van der Waals surface area contributed by atoms with E-state index in [0.29, 0.717) is 0 Å². The molecule has 1 nitrogen and oxygen atoms in total. The van der Waals surface area contributed by atoms with E-state index in [4.69, 9.17) is 0 Å². The van der Waals surface area contributed by atoms with E-state index in [2.05, 4.69) is 30.7 Å². The first-order valence-electron chi connectivity index (χ1n) is 4.45. The van der Waals surface area contributed by atoms with Crippen LogP contribution in [-0.2, 0) is 0 Å². The molecule has 1 aliphatic heterocycles. The minimum Gasteiger partial charge on any atom is -0.286 e. The second-order valence-electron chi connectivity index (χ2n) is 3.27. The lowest BCUT2D eigenvalue weighted by molar-refractivity contribution is 0.258. The van der Waals surface area contributed by atoms with Crippen LogP contribution in [0.5, 0.6) is 0 Å². The van der Waals surface area contributed by atoms with Crippen molar-refractivity contribution in [2.24, 2.45) is 0 Å². The van der Waals surface area contributed by atoms with Gasteiger partial charge in [0.15, 0.2) is 0 Å². The number of rotatable bonds is 4. The molecule has 0 bridgehead atoms. The molecule has 1 heterocycles. The molecule has 0 saturated carbocycles. The molecule has 1 saturated heterocycles. The van der Waals surface area contributed by atoms with E-state index in [1.54, 1.807) is 0 Å². The average Bonchev–Trinajstić information content (AvgIpc) is 2.57. The predicted molar refractivity (Wildman–Crippen MR) is 57.5 cm³/mol. The molecule has 0 aliphatic carbocycles. The molecule has 1 aliphatic rings. The molecule has 68 valence electrons. The molecule has 0 amide bonds. The number of likely N-dealkylation sites (tertiary alicyclic amines) is 1. The molecule has 0 spiro atoms. The molecule has 0 aromatic carbocycles. The smallest absolute Gasteiger partial charge is 0.0859 e. The number of hydrogen-bond acceptors (Lipinski definition) is 2. The molecule has 1 atom stereocenters. The van der Waals surface area contributed by atoms with Gasteiger partial charge in [-0.25, -0.2) is 0 Å². The molecular formula is C10H17NS. The molecule has 1 fully saturated rings. The maximum absolute atomic E-state index is 4.63. The summed E-state index contributed by atoms with van der Waals surface area (Å²) in [6, 6.07) is 0. The minimum absolute atomic E-state index is 0.155. The minimum atomic E-state index is -0.155. The lowest BCUT2D eigenvalue weighted by atomic mass is 10.1. The summed E-state index contributed by atoms with van der Waals surface area (Å²) in [5.41, 5.74) is 0. The number of nitrogens with zero attached hydrogens (tertiary/aromatic N) is 1. The zero-order chi connectivity index (χ0) is 9.03. The Balaban J connectivity index is 2.62. The molecule has 2 heteroatoms. The Labute approximate surface area is 80.6 Å². The lowest BCUT2D eigenvalue weighted by Crippen LogP contribution is -2.40. The van der Waals surface area contributed by atoms with Gasteiger partial charge in [0.05, 0.1) is 4.87 Å². The molecule has 0 radical (unpaired) electrons. The normalized spacial score (nSPS) is 23.4. The van der Waals surface area contributed by atoms with Crippen molar-refractivity contribution in [1.82, 2.24) is 4.90 Å². The summed E-state index contributed by atoms with van der Waals surface area (Å²) < 4.78 is 0. The molecule has 12 heavy (non-hydrogen) atoms. The van der Waals surface area contributed by atoms with Gasteiger partial charge in [-0.1, -0.05) is 12.2 Å². The van der Waals surface area contributed by atoms with Crippen molar-refractivity contribution in [3.63, 3.8) is 0 Å². The summed E-state index contributed by atoms with van der Waals surface area (Å²) in [5, 5.41) is 0. The molecule has 0 aromatic rings. The molecular weight excluding hydrogens is 166 g/mol. The second kappa shape index (κ2) is 4.15. The van der Waals surface area contributed by atoms with Crippen molar-refractivity contribution in [3.05, 3.63) is 25.3 Å². The monoisotopic (exact) mass is 183 g/mol. The maximum Gasteiger partial charge on any atom is 0.0859 e. The third kappa shape index (κ3) is 1.93. The predicted octanol–water partition coefficient (Wildman–Crippen LogP) is 2.47. The van der Waals surface area contributed by atoms with Crippen LogP contribution in [0, 0.1) is 0 Å². The fraction of sp³-hybridized carbons (Fsp3) is 0.600. The zero-order valence-electron chi connectivity index (χ0n) is 7.50. The summed E-state index contributed by atoms with van der Waals surface area (Å²) in [6.07, 6.45) is 7.27. The van der Waals surface area contributed by atoms with E-state index in [9.17, 15) is 0 Å². The van der Waals surface area contributed by atoms with Crippen molar-refractivity contribution in [1.29, 1.82) is 0 Å². The molecule has 0 aromatic heterocycles. The van der Waals surface area contributed by atoms with Crippen LogP contribution in [0.1, 0.15) is 19.3 Å². The van der Waals surface area contributed by atoms with Crippen LogP contribution in [0.25, 0.3) is 0 Å². The van der Waals surface area contributed by atoms with E-state index in [1.807, 2.05) is 12.2 Å². The van der Waals surface area contributed by atoms with E-state index in [1.165, 1.54) is 12.8 Å². The highest BCUT2D eigenvalue weighted by Crippen LogP contribution is 2.29. The van der Waals surface area contributed by atoms with Crippen LogP contribution in [0.2, 0.25) is 0 Å². The van der Waals surface area contributed by atoms with Gasteiger partial charge in [-0.05, 0) is 32.4 Å². The molecule has 1 unspecified atom stereocenters. The second-order valence-corrected chi connectivity index (χ2v) is 4.04. The van der Waals surface area contributed by atoms with Crippen LogP contribution < -0.4 is 0 Å². The van der Waals surface area contributed by atoms with Gasteiger partial charge in [0.25, 0.3) is 0 Å². The summed E-state index contributed by atoms with van der Waals surface area (Å²) in [6.45, 7) is 9.86. The fourth-order valence-corrected chi connectivity index (χ4v) is 1.99. The highest BCUT2D eigenvalue weighted by atomic mass is 32.1. The Kier molecular flexibility index (Phi) is 3.41. The largest absolute Gasteiger partial charge is 0.286 e. The maximum atomic E-state index is 4.63. The fourth-order valence-electron chi connectivity index (χ4n) is 1.66. The van der Waals surface area contributed by atoms with Gasteiger partial charge < -0.3 is 0 Å². The summed E-state index contributed by atoms with van der Waals surface area (Å²) >= 11 is 4.63. The standard InChI is InChI=1S/C10H17NS/c1-3-7-10(12,4-2)11-8-5-6-9-11/h3-4,12H,1-2,5-9H2. The van der Waals surface area contributed by atoms with Gasteiger partial charge in [-0.3, -0.25) is 4.90 Å². The topological polar surface area (TPSA) is 3.24 Å². The average molecular weight is 183 g/mol. The first-order valence-corrected chi connectivity index (χ1v) is 4.89. The van der Waals surface area contributed by atoms with Gasteiger partial charge in [-0.15, -0.1) is 13.2 Å². The summed E-state index contributed by atoms with van der Waals surface area (Å²) in [4.78, 5) is 2.21. The summed E-state index contributed by atoms with van der Waals surface area (Å²) in [5.74, 6) is 0. The Morgan fingerprint density at radius 1 is 1.33 bits per heavy atom. The first kappa shape index (κ1) is 9.87. The van der Waals surface area contributed by atoms with Crippen LogP contribution in [0.15, 0.2) is 25.3 Å². The van der Waals surface area contributed by atoms with E-state index in [-0.39, 0.29) is 4.87 Å². The van der Waals surface area contributed by atoms with Gasteiger partial charge >= 0.3 is 0 Å². The Bertz CT molecular complexity index is 173. The molecule has 0 N–H and O–H groups in total. The van der Waals surface area contributed by atoms with Crippen LogP contribution in [0.3, 0.4) is 0 Å². The first-order chi connectivity index (χ1) is 5.73. The third-order valence-corrected chi connectivity index (χ3v) is 3.07. The van der Waals surface area contributed by atoms with Crippen molar-refractivity contribution >= 4 is 12.6 Å². The zero-order valence-corrected chi connectivity index (χ0v) is 8.39. The Morgan fingerprint density at radius 2 is 1.92 bits per heavy atom. The van der Waals surface area contributed by atoms with E-state index >= 15 is 0 Å². The quantitative estimate of drug-likeness (QED) is 0.517. The Hall–Kier alpha value is -0.210. The van der Waals surface area contributed by atoms with Gasteiger partial charge in [0, 0.05) is 0 Å². The van der Waals surface area contributed by atoms with Crippen molar-refractivity contribution in [3.8, 4) is 0 Å². The van der Waals surface area contributed by atoms with E-state index < -0.39 is 0 Å². The van der Waals surface area contributed by atoms with Crippen LogP contribution >= 0.6 is 12.6 Å². The molecule has 1 rings (SSSR count).